The van der Waals surface area contributed by atoms with Crippen molar-refractivity contribution in [1.29, 1.82) is 5.26 Å². The fraction of sp³-hybridized carbons (Fsp3) is 0.444. The van der Waals surface area contributed by atoms with Crippen molar-refractivity contribution in [1.82, 2.24) is 0 Å². The number of rotatable bonds is 5. The van der Waals surface area contributed by atoms with Crippen molar-refractivity contribution in [3.8, 4) is 6.07 Å². The third kappa shape index (κ3) is 5.48. The van der Waals surface area contributed by atoms with Gasteiger partial charge in [0, 0.05) is 0 Å². The number of hydrogen-bond donors (Lipinski definition) is 0. The third-order valence-electron chi connectivity index (χ3n) is 4.15. The lowest BCUT2D eigenvalue weighted by Crippen LogP contribution is -2.24. The number of halogens is 2. The normalized spacial score (nSPS) is 21.5. The molecule has 0 N–H and O–H groups in total. The van der Waals surface area contributed by atoms with Gasteiger partial charge in [0.25, 0.3) is 0 Å². The van der Waals surface area contributed by atoms with E-state index in [9.17, 15) is 13.6 Å². The van der Waals surface area contributed by atoms with Gasteiger partial charge in [0.2, 0.25) is 0 Å². The Morgan fingerprint density at radius 3 is 2.52 bits per heavy atom. The smallest absolute Gasteiger partial charge is 0.338 e. The number of nitrogens with zero attached hydrogens (tertiary/aromatic N) is 1. The summed E-state index contributed by atoms with van der Waals surface area (Å²) in [5.41, 5.74) is 0.352. The molecule has 0 saturated heterocycles. The zero-order valence-corrected chi connectivity index (χ0v) is 12.8. The van der Waals surface area contributed by atoms with Crippen LogP contribution in [0, 0.1) is 23.1 Å². The van der Waals surface area contributed by atoms with Crippen LogP contribution in [-0.2, 0) is 4.74 Å². The van der Waals surface area contributed by atoms with Crippen LogP contribution in [0.3, 0.4) is 0 Å². The average molecular weight is 319 g/mol. The Labute approximate surface area is 134 Å². The topological polar surface area (TPSA) is 50.1 Å². The van der Waals surface area contributed by atoms with Crippen molar-refractivity contribution >= 4 is 5.97 Å². The van der Waals surface area contributed by atoms with E-state index < -0.39 is 11.8 Å². The number of carbonyl (C=O) groups excluding carboxylic acids is 1. The fourth-order valence-electron chi connectivity index (χ4n) is 2.84. The second kappa shape index (κ2) is 8.42. The molecule has 122 valence electrons. The van der Waals surface area contributed by atoms with Gasteiger partial charge >= 0.3 is 5.97 Å². The van der Waals surface area contributed by atoms with E-state index in [2.05, 4.69) is 0 Å². The van der Waals surface area contributed by atoms with Crippen LogP contribution in [0.15, 0.2) is 36.2 Å². The molecule has 0 heterocycles. The number of benzene rings is 1. The first-order chi connectivity index (χ1) is 11.1. The molecule has 0 radical (unpaired) electrons. The largest absolute Gasteiger partial charge is 0.459 e. The quantitative estimate of drug-likeness (QED) is 0.584. The summed E-state index contributed by atoms with van der Waals surface area (Å²) in [6.45, 7) is 0. The minimum absolute atomic E-state index is 0.116. The molecule has 3 nitrogen and oxygen atoms in total. The SMILES string of the molecule is N#C/C(F)=C/CCC1CCC(OC(=O)c2ccc(F)cc2)CC1. The van der Waals surface area contributed by atoms with Gasteiger partial charge in [-0.05, 0) is 74.8 Å². The highest BCUT2D eigenvalue weighted by atomic mass is 19.1. The van der Waals surface area contributed by atoms with E-state index in [1.165, 1.54) is 36.4 Å². The molecule has 0 bridgehead atoms. The molecule has 5 heteroatoms. The monoisotopic (exact) mass is 319 g/mol. The highest BCUT2D eigenvalue weighted by Gasteiger charge is 2.24. The predicted molar refractivity (Wildman–Crippen MR) is 81.6 cm³/mol. The fourth-order valence-corrected chi connectivity index (χ4v) is 2.84. The Morgan fingerprint density at radius 1 is 1.26 bits per heavy atom. The maximum atomic E-state index is 12.8. The zero-order valence-electron chi connectivity index (χ0n) is 12.8. The van der Waals surface area contributed by atoms with E-state index in [1.54, 1.807) is 0 Å². The van der Waals surface area contributed by atoms with Crippen LogP contribution >= 0.6 is 0 Å². The van der Waals surface area contributed by atoms with Crippen molar-refractivity contribution < 1.29 is 18.3 Å². The van der Waals surface area contributed by atoms with Crippen LogP contribution in [0.4, 0.5) is 8.78 Å². The van der Waals surface area contributed by atoms with Gasteiger partial charge in [-0.15, -0.1) is 0 Å². The first-order valence-electron chi connectivity index (χ1n) is 7.81. The van der Waals surface area contributed by atoms with Gasteiger partial charge in [-0.1, -0.05) is 0 Å². The minimum Gasteiger partial charge on any atom is -0.459 e. The lowest BCUT2D eigenvalue weighted by molar-refractivity contribution is 0.0162. The second-order valence-corrected chi connectivity index (χ2v) is 5.80. The Bertz CT molecular complexity index is 596. The van der Waals surface area contributed by atoms with Crippen LogP contribution in [0.5, 0.6) is 0 Å². The number of nitriles is 1. The van der Waals surface area contributed by atoms with Gasteiger partial charge in [0.1, 0.15) is 18.0 Å². The van der Waals surface area contributed by atoms with Crippen LogP contribution in [0.1, 0.15) is 48.9 Å². The molecule has 0 atom stereocenters. The molecule has 1 aromatic carbocycles. The molecule has 0 aromatic heterocycles. The average Bonchev–Trinajstić information content (AvgIpc) is 2.56. The van der Waals surface area contributed by atoms with Crippen molar-refractivity contribution in [3.63, 3.8) is 0 Å². The number of hydrogen-bond acceptors (Lipinski definition) is 3. The highest BCUT2D eigenvalue weighted by Crippen LogP contribution is 2.30. The first kappa shape index (κ1) is 17.1. The zero-order chi connectivity index (χ0) is 16.7. The van der Waals surface area contributed by atoms with E-state index in [0.717, 1.165) is 32.1 Å². The van der Waals surface area contributed by atoms with Gasteiger partial charge < -0.3 is 4.74 Å². The molecule has 0 spiro atoms. The van der Waals surface area contributed by atoms with Crippen molar-refractivity contribution in [3.05, 3.63) is 47.5 Å². The van der Waals surface area contributed by atoms with E-state index in [4.69, 9.17) is 10.00 Å². The summed E-state index contributed by atoms with van der Waals surface area (Å²) in [6, 6.07) is 6.77. The Kier molecular flexibility index (Phi) is 6.28. The van der Waals surface area contributed by atoms with Gasteiger partial charge in [0.05, 0.1) is 5.56 Å². The van der Waals surface area contributed by atoms with Gasteiger partial charge in [-0.2, -0.15) is 9.65 Å². The Balaban J connectivity index is 1.73. The maximum Gasteiger partial charge on any atom is 0.338 e. The van der Waals surface area contributed by atoms with Crippen LogP contribution in [0.25, 0.3) is 0 Å². The molecule has 23 heavy (non-hydrogen) atoms. The second-order valence-electron chi connectivity index (χ2n) is 5.80. The van der Waals surface area contributed by atoms with Crippen molar-refractivity contribution in [2.75, 3.05) is 0 Å². The molecule has 0 unspecified atom stereocenters. The van der Waals surface area contributed by atoms with Gasteiger partial charge in [0.15, 0.2) is 5.83 Å². The molecule has 0 amide bonds. The number of allylic oxidation sites excluding steroid dienone is 2. The summed E-state index contributed by atoms with van der Waals surface area (Å²) in [6.07, 6.45) is 6.00. The number of ether oxygens (including phenoxy) is 1. The molecular formula is C18H19F2NO2. The summed E-state index contributed by atoms with van der Waals surface area (Å²) in [5.74, 6) is -1.07. The minimum atomic E-state index is -0.730. The standard InChI is InChI=1S/C18H19F2NO2/c19-15-8-6-14(7-9-15)18(22)23-17-10-4-13(5-11-17)2-1-3-16(20)12-21/h3,6-9,13,17H,1-2,4-5,10-11H2/b16-3-. The third-order valence-corrected chi connectivity index (χ3v) is 4.15. The summed E-state index contributed by atoms with van der Waals surface area (Å²) in [7, 11) is 0. The molecule has 1 aliphatic carbocycles. The Morgan fingerprint density at radius 2 is 1.91 bits per heavy atom. The molecule has 0 aliphatic heterocycles. The van der Waals surface area contributed by atoms with E-state index in [1.807, 2.05) is 0 Å². The lowest BCUT2D eigenvalue weighted by Gasteiger charge is -2.28. The summed E-state index contributed by atoms with van der Waals surface area (Å²) in [5, 5.41) is 8.34. The molecule has 1 fully saturated rings. The maximum absolute atomic E-state index is 12.8. The van der Waals surface area contributed by atoms with Crippen LogP contribution < -0.4 is 0 Å². The van der Waals surface area contributed by atoms with Crippen LogP contribution in [-0.4, -0.2) is 12.1 Å². The van der Waals surface area contributed by atoms with Gasteiger partial charge in [-0.3, -0.25) is 0 Å². The summed E-state index contributed by atoms with van der Waals surface area (Å²) in [4.78, 5) is 12.0. The Hall–Kier alpha value is -2.22. The number of esters is 1. The van der Waals surface area contributed by atoms with E-state index in [-0.39, 0.29) is 11.9 Å². The highest BCUT2D eigenvalue weighted by molar-refractivity contribution is 5.89. The van der Waals surface area contributed by atoms with Crippen LogP contribution in [0.2, 0.25) is 0 Å². The number of carbonyl (C=O) groups is 1. The molecular weight excluding hydrogens is 300 g/mol. The van der Waals surface area contributed by atoms with Crippen molar-refractivity contribution in [2.45, 2.75) is 44.6 Å². The first-order valence-corrected chi connectivity index (χ1v) is 7.81. The molecule has 2 rings (SSSR count). The van der Waals surface area contributed by atoms with E-state index >= 15 is 0 Å². The van der Waals surface area contributed by atoms with Gasteiger partial charge in [-0.25, -0.2) is 9.18 Å². The van der Waals surface area contributed by atoms with Crippen molar-refractivity contribution in [2.24, 2.45) is 5.92 Å². The summed E-state index contributed by atoms with van der Waals surface area (Å²) >= 11 is 0. The molecule has 1 saturated carbocycles. The molecule has 1 aliphatic rings. The summed E-state index contributed by atoms with van der Waals surface area (Å²) < 4.78 is 31.0. The predicted octanol–water partition coefficient (Wildman–Crippen LogP) is 4.70. The van der Waals surface area contributed by atoms with E-state index in [0.29, 0.717) is 17.9 Å². The molecule has 1 aromatic rings. The lowest BCUT2D eigenvalue weighted by atomic mass is 9.84.